The zero-order chi connectivity index (χ0) is 14.1. The lowest BCUT2D eigenvalue weighted by Crippen LogP contribution is -2.45. The third-order valence-electron chi connectivity index (χ3n) is 4.36. The summed E-state index contributed by atoms with van der Waals surface area (Å²) in [6, 6.07) is 5.79. The molecule has 0 radical (unpaired) electrons. The Bertz CT molecular complexity index is 521. The van der Waals surface area contributed by atoms with Crippen LogP contribution in [0.4, 0.5) is 4.79 Å². The molecule has 1 fully saturated rings. The highest BCUT2D eigenvalue weighted by atomic mass is 35.5. The van der Waals surface area contributed by atoms with Gasteiger partial charge in [0.05, 0.1) is 18.7 Å². The Morgan fingerprint density at radius 2 is 2.30 bits per heavy atom. The smallest absolute Gasteiger partial charge is 0.318 e. The van der Waals surface area contributed by atoms with Gasteiger partial charge in [-0.15, -0.1) is 0 Å². The zero-order valence-corrected chi connectivity index (χ0v) is 12.1. The predicted molar refractivity (Wildman–Crippen MR) is 77.9 cm³/mol. The van der Waals surface area contributed by atoms with Crippen molar-refractivity contribution in [3.05, 3.63) is 34.3 Å². The average molecular weight is 295 g/mol. The maximum absolute atomic E-state index is 12.3. The molecule has 1 aromatic rings. The number of aliphatic hydroxyl groups excluding tert-OH is 1. The fourth-order valence-corrected chi connectivity index (χ4v) is 3.56. The van der Waals surface area contributed by atoms with Crippen LogP contribution in [0.25, 0.3) is 0 Å². The van der Waals surface area contributed by atoms with Gasteiger partial charge >= 0.3 is 6.03 Å². The molecule has 3 rings (SSSR count). The number of nitrogens with zero attached hydrogens (tertiary/aromatic N) is 1. The maximum Gasteiger partial charge on any atom is 0.318 e. The highest BCUT2D eigenvalue weighted by molar-refractivity contribution is 6.31. The van der Waals surface area contributed by atoms with Gasteiger partial charge in [0.1, 0.15) is 0 Å². The number of carbonyl (C=O) groups excluding carboxylic acids is 1. The molecule has 5 heteroatoms. The Labute approximate surface area is 123 Å². The highest BCUT2D eigenvalue weighted by Crippen LogP contribution is 2.35. The van der Waals surface area contributed by atoms with E-state index in [1.165, 1.54) is 0 Å². The summed E-state index contributed by atoms with van der Waals surface area (Å²) in [5.74, 6) is 0. The molecule has 0 bridgehead atoms. The lowest BCUT2D eigenvalue weighted by molar-refractivity contribution is 0.154. The summed E-state index contributed by atoms with van der Waals surface area (Å²) in [4.78, 5) is 14.1. The van der Waals surface area contributed by atoms with E-state index < -0.39 is 0 Å². The molecule has 2 aliphatic rings. The van der Waals surface area contributed by atoms with Crippen molar-refractivity contribution >= 4 is 17.6 Å². The van der Waals surface area contributed by atoms with Crippen LogP contribution in [0.3, 0.4) is 0 Å². The Balaban J connectivity index is 1.71. The topological polar surface area (TPSA) is 52.6 Å². The van der Waals surface area contributed by atoms with Crippen LogP contribution in [-0.4, -0.2) is 35.2 Å². The summed E-state index contributed by atoms with van der Waals surface area (Å²) >= 11 is 6.19. The largest absolute Gasteiger partial charge is 0.394 e. The summed E-state index contributed by atoms with van der Waals surface area (Å²) in [6.07, 6.45) is 3.65. The molecular weight excluding hydrogens is 276 g/mol. The number of urea groups is 1. The molecule has 1 unspecified atom stereocenters. The van der Waals surface area contributed by atoms with Crippen molar-refractivity contribution in [2.45, 2.75) is 37.8 Å². The second-order valence-electron chi connectivity index (χ2n) is 5.52. The fourth-order valence-electron chi connectivity index (χ4n) is 3.28. The number of likely N-dealkylation sites (tertiary alicyclic amines) is 1. The second kappa shape index (κ2) is 5.62. The number of hydrogen-bond acceptors (Lipinski definition) is 2. The minimum Gasteiger partial charge on any atom is -0.394 e. The van der Waals surface area contributed by atoms with E-state index in [-0.39, 0.29) is 24.7 Å². The minimum absolute atomic E-state index is 0.0322. The summed E-state index contributed by atoms with van der Waals surface area (Å²) in [6.45, 7) is 0.771. The van der Waals surface area contributed by atoms with Gasteiger partial charge in [-0.05, 0) is 42.9 Å². The molecule has 1 heterocycles. The third kappa shape index (κ3) is 2.38. The van der Waals surface area contributed by atoms with Crippen molar-refractivity contribution in [3.8, 4) is 0 Å². The molecule has 1 saturated heterocycles. The van der Waals surface area contributed by atoms with Crippen LogP contribution in [-0.2, 0) is 6.42 Å². The Morgan fingerprint density at radius 3 is 3.10 bits per heavy atom. The van der Waals surface area contributed by atoms with Crippen LogP contribution in [0.1, 0.15) is 36.4 Å². The maximum atomic E-state index is 12.3. The Hall–Kier alpha value is -1.26. The molecule has 2 N–H and O–H groups in total. The molecule has 2 atom stereocenters. The van der Waals surface area contributed by atoms with Gasteiger partial charge in [-0.25, -0.2) is 4.79 Å². The molecule has 0 saturated carbocycles. The van der Waals surface area contributed by atoms with Crippen LogP contribution >= 0.6 is 11.6 Å². The van der Waals surface area contributed by atoms with Gasteiger partial charge < -0.3 is 15.3 Å². The van der Waals surface area contributed by atoms with Crippen molar-refractivity contribution < 1.29 is 9.90 Å². The van der Waals surface area contributed by atoms with E-state index in [0.717, 1.165) is 48.4 Å². The number of rotatable bonds is 2. The van der Waals surface area contributed by atoms with Crippen molar-refractivity contribution in [3.63, 3.8) is 0 Å². The number of hydrogen-bond donors (Lipinski definition) is 2. The normalized spacial score (nSPS) is 24.8. The van der Waals surface area contributed by atoms with Crippen LogP contribution in [0, 0.1) is 0 Å². The molecule has 4 nitrogen and oxygen atoms in total. The number of halogens is 1. The fraction of sp³-hybridized carbons (Fsp3) is 0.533. The minimum atomic E-state index is -0.0700. The molecular formula is C15H19ClN2O2. The van der Waals surface area contributed by atoms with Crippen molar-refractivity contribution in [2.24, 2.45) is 0 Å². The van der Waals surface area contributed by atoms with E-state index in [0.29, 0.717) is 0 Å². The summed E-state index contributed by atoms with van der Waals surface area (Å²) < 4.78 is 0. The number of aliphatic hydroxyl groups is 1. The van der Waals surface area contributed by atoms with Gasteiger partial charge in [-0.2, -0.15) is 0 Å². The number of fused-ring (bicyclic) bond motifs is 1. The van der Waals surface area contributed by atoms with Crippen molar-refractivity contribution in [1.29, 1.82) is 0 Å². The summed E-state index contributed by atoms with van der Waals surface area (Å²) in [7, 11) is 0. The molecule has 0 aromatic heterocycles. The molecule has 108 valence electrons. The van der Waals surface area contributed by atoms with Gasteiger partial charge in [0, 0.05) is 11.6 Å². The van der Waals surface area contributed by atoms with E-state index >= 15 is 0 Å². The molecule has 1 aliphatic carbocycles. The number of amides is 2. The van der Waals surface area contributed by atoms with Gasteiger partial charge in [0.25, 0.3) is 0 Å². The van der Waals surface area contributed by atoms with E-state index in [1.54, 1.807) is 4.90 Å². The SMILES string of the molecule is O=C(NC1CCc2c(Cl)cccc21)N1CCC[C@H]1CO. The lowest BCUT2D eigenvalue weighted by Gasteiger charge is -2.25. The zero-order valence-electron chi connectivity index (χ0n) is 11.3. The first-order valence-corrected chi connectivity index (χ1v) is 7.53. The monoisotopic (exact) mass is 294 g/mol. The summed E-state index contributed by atoms with van der Waals surface area (Å²) in [5.41, 5.74) is 2.28. The second-order valence-corrected chi connectivity index (χ2v) is 5.93. The molecule has 0 spiro atoms. The van der Waals surface area contributed by atoms with Gasteiger partial charge in [0.2, 0.25) is 0 Å². The van der Waals surface area contributed by atoms with E-state index in [4.69, 9.17) is 11.6 Å². The number of nitrogens with one attached hydrogen (secondary N) is 1. The van der Waals surface area contributed by atoms with Crippen LogP contribution in [0.5, 0.6) is 0 Å². The third-order valence-corrected chi connectivity index (χ3v) is 4.71. The first-order chi connectivity index (χ1) is 9.70. The Kier molecular flexibility index (Phi) is 3.85. The molecule has 20 heavy (non-hydrogen) atoms. The van der Waals surface area contributed by atoms with E-state index in [1.807, 2.05) is 18.2 Å². The lowest BCUT2D eigenvalue weighted by atomic mass is 10.1. The van der Waals surface area contributed by atoms with Crippen LogP contribution < -0.4 is 5.32 Å². The molecule has 1 aromatic carbocycles. The average Bonchev–Trinajstić information content (AvgIpc) is 3.06. The highest BCUT2D eigenvalue weighted by Gasteiger charge is 2.31. The first-order valence-electron chi connectivity index (χ1n) is 7.16. The summed E-state index contributed by atoms with van der Waals surface area (Å²) in [5, 5.41) is 13.2. The van der Waals surface area contributed by atoms with Crippen LogP contribution in [0.15, 0.2) is 18.2 Å². The number of benzene rings is 1. The first kappa shape index (κ1) is 13.7. The standard InChI is InChI=1S/C15H19ClN2O2/c16-13-5-1-4-12-11(13)6-7-14(12)17-15(20)18-8-2-3-10(18)9-19/h1,4-5,10,14,19H,2-3,6-9H2,(H,17,20)/t10-,14?/m0/s1. The molecule has 2 amide bonds. The van der Waals surface area contributed by atoms with E-state index in [9.17, 15) is 9.90 Å². The van der Waals surface area contributed by atoms with Crippen LogP contribution in [0.2, 0.25) is 5.02 Å². The van der Waals surface area contributed by atoms with Gasteiger partial charge in [-0.1, -0.05) is 23.7 Å². The van der Waals surface area contributed by atoms with Crippen molar-refractivity contribution in [2.75, 3.05) is 13.2 Å². The Morgan fingerprint density at radius 1 is 1.45 bits per heavy atom. The molecule has 1 aliphatic heterocycles. The van der Waals surface area contributed by atoms with Crippen molar-refractivity contribution in [1.82, 2.24) is 10.2 Å². The predicted octanol–water partition coefficient (Wildman–Crippen LogP) is 2.49. The van der Waals surface area contributed by atoms with Gasteiger partial charge in [-0.3, -0.25) is 0 Å². The number of carbonyl (C=O) groups is 1. The quantitative estimate of drug-likeness (QED) is 0.880. The van der Waals surface area contributed by atoms with E-state index in [2.05, 4.69) is 5.32 Å². The van der Waals surface area contributed by atoms with Gasteiger partial charge in [0.15, 0.2) is 0 Å².